The Balaban J connectivity index is 1.33. The normalized spacial score (nSPS) is 29.8. The second-order valence-corrected chi connectivity index (χ2v) is 12.3. The van der Waals surface area contributed by atoms with Crippen molar-refractivity contribution in [1.29, 1.82) is 0 Å². The summed E-state index contributed by atoms with van der Waals surface area (Å²) in [5, 5.41) is 14.7. The maximum absolute atomic E-state index is 13.5. The zero-order chi connectivity index (χ0) is 22.3. The highest BCUT2D eigenvalue weighted by Crippen LogP contribution is 2.55. The third-order valence-corrected chi connectivity index (χ3v) is 9.59. The van der Waals surface area contributed by atoms with Gasteiger partial charge in [0.15, 0.2) is 0 Å². The zero-order valence-electron chi connectivity index (χ0n) is 18.8. The van der Waals surface area contributed by atoms with E-state index in [1.54, 1.807) is 30.3 Å². The predicted molar refractivity (Wildman–Crippen MR) is 127 cm³/mol. The molecule has 5 nitrogen and oxygen atoms in total. The summed E-state index contributed by atoms with van der Waals surface area (Å²) in [6.07, 6.45) is 6.95. The standard InChI is InChI=1S/C26H34N2O3S/c1-19-7-9-23(10-8-19)28(32(30,31)25-5-3-2-4-6-25)18-24(29)17-27-26-14-20-11-21(15-26)13-22(12-20)16-26/h2-10,20-22,24,27,29H,11-18H2,1H3/t20?,21?,22?,24-,26?/m1/s1. The van der Waals surface area contributed by atoms with Crippen molar-refractivity contribution < 1.29 is 13.5 Å². The molecule has 0 radical (unpaired) electrons. The van der Waals surface area contributed by atoms with E-state index in [4.69, 9.17) is 0 Å². The second-order valence-electron chi connectivity index (χ2n) is 10.4. The molecule has 2 N–H and O–H groups in total. The van der Waals surface area contributed by atoms with Crippen LogP contribution in [0.4, 0.5) is 5.69 Å². The van der Waals surface area contributed by atoms with Crippen LogP contribution in [0.15, 0.2) is 59.5 Å². The number of aryl methyl sites for hydroxylation is 1. The first-order valence-corrected chi connectivity index (χ1v) is 13.3. The molecule has 4 bridgehead atoms. The van der Waals surface area contributed by atoms with Crippen molar-refractivity contribution in [2.45, 2.75) is 62.0 Å². The van der Waals surface area contributed by atoms with Crippen LogP contribution in [0.1, 0.15) is 44.1 Å². The van der Waals surface area contributed by atoms with Gasteiger partial charge in [-0.3, -0.25) is 4.31 Å². The van der Waals surface area contributed by atoms with Gasteiger partial charge in [-0.15, -0.1) is 0 Å². The van der Waals surface area contributed by atoms with Crippen LogP contribution < -0.4 is 9.62 Å². The van der Waals surface area contributed by atoms with Gasteiger partial charge >= 0.3 is 0 Å². The molecule has 0 aliphatic heterocycles. The fourth-order valence-electron chi connectivity index (χ4n) is 6.69. The Bertz CT molecular complexity index is 1000. The Labute approximate surface area is 191 Å². The van der Waals surface area contributed by atoms with Crippen LogP contribution in [0, 0.1) is 24.7 Å². The Hall–Kier alpha value is -1.89. The minimum absolute atomic E-state index is 0.0274. The lowest BCUT2D eigenvalue weighted by molar-refractivity contribution is -0.0242. The second kappa shape index (κ2) is 8.47. The van der Waals surface area contributed by atoms with Gasteiger partial charge in [0.25, 0.3) is 10.0 Å². The highest BCUT2D eigenvalue weighted by atomic mass is 32.2. The summed E-state index contributed by atoms with van der Waals surface area (Å²) in [7, 11) is -3.78. The van der Waals surface area contributed by atoms with Crippen LogP contribution in [0.25, 0.3) is 0 Å². The Kier molecular flexibility index (Phi) is 5.81. The first kappa shape index (κ1) is 21.9. The SMILES string of the molecule is Cc1ccc(N(C[C@H](O)CNC23CC4CC(CC(C4)C2)C3)S(=O)(=O)c2ccccc2)cc1. The molecule has 172 valence electrons. The summed E-state index contributed by atoms with van der Waals surface area (Å²) < 4.78 is 28.3. The van der Waals surface area contributed by atoms with Gasteiger partial charge < -0.3 is 10.4 Å². The molecule has 2 aromatic carbocycles. The molecule has 6 heteroatoms. The highest BCUT2D eigenvalue weighted by Gasteiger charge is 2.50. The van der Waals surface area contributed by atoms with Crippen molar-refractivity contribution in [3.63, 3.8) is 0 Å². The molecule has 6 rings (SSSR count). The summed E-state index contributed by atoms with van der Waals surface area (Å²) in [6.45, 7) is 2.42. The maximum Gasteiger partial charge on any atom is 0.264 e. The molecule has 0 unspecified atom stereocenters. The van der Waals surface area contributed by atoms with E-state index in [9.17, 15) is 13.5 Å². The average molecular weight is 455 g/mol. The molecule has 0 spiro atoms. The number of nitrogens with one attached hydrogen (secondary N) is 1. The van der Waals surface area contributed by atoms with E-state index in [1.165, 1.54) is 42.8 Å². The quantitative estimate of drug-likeness (QED) is 0.630. The number of benzene rings is 2. The third-order valence-electron chi connectivity index (χ3n) is 7.78. The molecular formula is C26H34N2O3S. The number of β-amino-alcohol motifs (C(OH)–C–C–N with tert-alkyl or cyclic N) is 1. The average Bonchev–Trinajstić information content (AvgIpc) is 2.76. The number of hydrogen-bond acceptors (Lipinski definition) is 4. The van der Waals surface area contributed by atoms with Crippen molar-refractivity contribution in [3.8, 4) is 0 Å². The van der Waals surface area contributed by atoms with Crippen molar-refractivity contribution in [3.05, 3.63) is 60.2 Å². The van der Waals surface area contributed by atoms with E-state index in [1.807, 2.05) is 31.2 Å². The largest absolute Gasteiger partial charge is 0.390 e. The molecule has 0 heterocycles. The number of hydrogen-bond donors (Lipinski definition) is 2. The van der Waals surface area contributed by atoms with Crippen LogP contribution >= 0.6 is 0 Å². The van der Waals surface area contributed by atoms with E-state index < -0.39 is 16.1 Å². The van der Waals surface area contributed by atoms with E-state index in [0.717, 1.165) is 23.3 Å². The Morgan fingerprint density at radius 3 is 2.09 bits per heavy atom. The summed E-state index contributed by atoms with van der Waals surface area (Å²) >= 11 is 0. The lowest BCUT2D eigenvalue weighted by Gasteiger charge is -2.57. The predicted octanol–water partition coefficient (Wildman–Crippen LogP) is 4.11. The molecular weight excluding hydrogens is 420 g/mol. The van der Waals surface area contributed by atoms with Crippen molar-refractivity contribution in [1.82, 2.24) is 5.32 Å². The lowest BCUT2D eigenvalue weighted by Crippen LogP contribution is -2.60. The number of anilines is 1. The molecule has 4 fully saturated rings. The number of aliphatic hydroxyl groups is 1. The Morgan fingerprint density at radius 2 is 1.53 bits per heavy atom. The summed E-state index contributed by atoms with van der Waals surface area (Å²) in [4.78, 5) is 0.238. The number of rotatable bonds is 8. The van der Waals surface area contributed by atoms with Crippen LogP contribution in [-0.4, -0.2) is 38.3 Å². The van der Waals surface area contributed by atoms with Crippen LogP contribution in [-0.2, 0) is 10.0 Å². The minimum Gasteiger partial charge on any atom is -0.390 e. The smallest absolute Gasteiger partial charge is 0.264 e. The topological polar surface area (TPSA) is 69.6 Å². The monoisotopic (exact) mass is 454 g/mol. The first-order valence-electron chi connectivity index (χ1n) is 11.9. The molecule has 4 aliphatic carbocycles. The lowest BCUT2D eigenvalue weighted by atomic mass is 9.53. The molecule has 4 aliphatic rings. The van der Waals surface area contributed by atoms with Crippen molar-refractivity contribution in [2.24, 2.45) is 17.8 Å². The van der Waals surface area contributed by atoms with Gasteiger partial charge in [-0.2, -0.15) is 0 Å². The van der Waals surface area contributed by atoms with Gasteiger partial charge in [-0.1, -0.05) is 35.9 Å². The van der Waals surface area contributed by atoms with Crippen LogP contribution in [0.2, 0.25) is 0 Å². The molecule has 2 aromatic rings. The van der Waals surface area contributed by atoms with Gasteiger partial charge in [0.05, 0.1) is 23.2 Å². The van der Waals surface area contributed by atoms with Crippen LogP contribution in [0.5, 0.6) is 0 Å². The summed E-state index contributed by atoms with van der Waals surface area (Å²) in [5.74, 6) is 2.48. The first-order chi connectivity index (χ1) is 15.3. The molecule has 0 amide bonds. The van der Waals surface area contributed by atoms with Crippen molar-refractivity contribution >= 4 is 15.7 Å². The minimum atomic E-state index is -3.78. The highest BCUT2D eigenvalue weighted by molar-refractivity contribution is 7.92. The van der Waals surface area contributed by atoms with E-state index >= 15 is 0 Å². The molecule has 0 saturated heterocycles. The number of sulfonamides is 1. The molecule has 0 aromatic heterocycles. The Morgan fingerprint density at radius 1 is 0.969 bits per heavy atom. The summed E-state index contributed by atoms with van der Waals surface area (Å²) in [6, 6.07) is 15.9. The number of aliphatic hydroxyl groups excluding tert-OH is 1. The van der Waals surface area contributed by atoms with E-state index in [-0.39, 0.29) is 17.0 Å². The van der Waals surface area contributed by atoms with Gasteiger partial charge in [-0.05, 0) is 87.5 Å². The zero-order valence-corrected chi connectivity index (χ0v) is 19.6. The fourth-order valence-corrected chi connectivity index (χ4v) is 8.21. The summed E-state index contributed by atoms with van der Waals surface area (Å²) in [5.41, 5.74) is 1.78. The van der Waals surface area contributed by atoms with Gasteiger partial charge in [0.1, 0.15) is 0 Å². The molecule has 4 saturated carbocycles. The number of nitrogens with zero attached hydrogens (tertiary/aromatic N) is 1. The van der Waals surface area contributed by atoms with Crippen molar-refractivity contribution in [2.75, 3.05) is 17.4 Å². The third kappa shape index (κ3) is 4.33. The van der Waals surface area contributed by atoms with E-state index in [0.29, 0.717) is 12.2 Å². The fraction of sp³-hybridized carbons (Fsp3) is 0.538. The maximum atomic E-state index is 13.5. The molecule has 1 atom stereocenters. The van der Waals surface area contributed by atoms with Gasteiger partial charge in [0.2, 0.25) is 0 Å². The van der Waals surface area contributed by atoms with Crippen LogP contribution in [0.3, 0.4) is 0 Å². The molecule has 32 heavy (non-hydrogen) atoms. The van der Waals surface area contributed by atoms with Gasteiger partial charge in [0, 0.05) is 12.1 Å². The van der Waals surface area contributed by atoms with Gasteiger partial charge in [-0.25, -0.2) is 8.42 Å². The van der Waals surface area contributed by atoms with E-state index in [2.05, 4.69) is 5.32 Å².